The van der Waals surface area contributed by atoms with Crippen LogP contribution in [0.2, 0.25) is 0 Å². The summed E-state index contributed by atoms with van der Waals surface area (Å²) in [6, 6.07) is 8.53. The van der Waals surface area contributed by atoms with Crippen LogP contribution in [0.25, 0.3) is 0 Å². The van der Waals surface area contributed by atoms with Crippen LogP contribution < -0.4 is 15.2 Å². The number of benzene rings is 2. The van der Waals surface area contributed by atoms with Gasteiger partial charge in [0.05, 0.1) is 19.4 Å². The average molecular weight is 318 g/mol. The zero-order valence-electron chi connectivity index (χ0n) is 13.5. The molecule has 6 heteroatoms. The van der Waals surface area contributed by atoms with Crippen molar-refractivity contribution in [2.75, 3.05) is 25.3 Å². The SMILES string of the molecule is COc1cc(C)c(O)cc1N(NCCO)c1ccc(C)c(O)c1. The molecule has 2 aromatic rings. The van der Waals surface area contributed by atoms with Gasteiger partial charge >= 0.3 is 0 Å². The van der Waals surface area contributed by atoms with E-state index in [4.69, 9.17) is 9.84 Å². The molecule has 0 aliphatic heterocycles. The number of aliphatic hydroxyl groups excluding tert-OH is 1. The number of rotatable bonds is 6. The van der Waals surface area contributed by atoms with E-state index in [2.05, 4.69) is 5.43 Å². The molecular formula is C17H22N2O4. The zero-order valence-corrected chi connectivity index (χ0v) is 13.5. The van der Waals surface area contributed by atoms with E-state index >= 15 is 0 Å². The maximum atomic E-state index is 10.0. The van der Waals surface area contributed by atoms with E-state index in [1.54, 1.807) is 43.3 Å². The molecule has 0 spiro atoms. The first-order valence-electron chi connectivity index (χ1n) is 7.29. The van der Waals surface area contributed by atoms with Crippen LogP contribution in [0.15, 0.2) is 30.3 Å². The molecule has 4 N–H and O–H groups in total. The molecular weight excluding hydrogens is 296 g/mol. The van der Waals surface area contributed by atoms with E-state index in [-0.39, 0.29) is 18.1 Å². The summed E-state index contributed by atoms with van der Waals surface area (Å²) in [5.41, 5.74) is 5.74. The summed E-state index contributed by atoms with van der Waals surface area (Å²) in [6.07, 6.45) is 0. The summed E-state index contributed by atoms with van der Waals surface area (Å²) in [4.78, 5) is 0. The molecule has 124 valence electrons. The first-order chi connectivity index (χ1) is 11.0. The van der Waals surface area contributed by atoms with Crippen molar-refractivity contribution in [1.29, 1.82) is 0 Å². The average Bonchev–Trinajstić information content (AvgIpc) is 2.53. The number of aromatic hydroxyl groups is 2. The fraction of sp³-hybridized carbons (Fsp3) is 0.294. The van der Waals surface area contributed by atoms with Gasteiger partial charge in [-0.3, -0.25) is 5.01 Å². The number of aryl methyl sites for hydroxylation is 2. The number of nitrogens with zero attached hydrogens (tertiary/aromatic N) is 1. The van der Waals surface area contributed by atoms with Gasteiger partial charge < -0.3 is 20.1 Å². The van der Waals surface area contributed by atoms with Gasteiger partial charge in [-0.1, -0.05) is 6.07 Å². The van der Waals surface area contributed by atoms with Crippen LogP contribution in [0, 0.1) is 13.8 Å². The van der Waals surface area contributed by atoms with E-state index in [9.17, 15) is 10.2 Å². The van der Waals surface area contributed by atoms with Gasteiger partial charge in [-0.05, 0) is 37.1 Å². The summed E-state index contributed by atoms with van der Waals surface area (Å²) in [7, 11) is 1.55. The van der Waals surface area contributed by atoms with Crippen molar-refractivity contribution in [3.05, 3.63) is 41.5 Å². The summed E-state index contributed by atoms with van der Waals surface area (Å²) >= 11 is 0. The lowest BCUT2D eigenvalue weighted by atomic mass is 10.1. The fourth-order valence-electron chi connectivity index (χ4n) is 2.21. The van der Waals surface area contributed by atoms with Gasteiger partial charge in [-0.2, -0.15) is 0 Å². The normalized spacial score (nSPS) is 10.6. The highest BCUT2D eigenvalue weighted by Crippen LogP contribution is 2.38. The molecule has 0 bridgehead atoms. The van der Waals surface area contributed by atoms with Crippen molar-refractivity contribution in [2.45, 2.75) is 13.8 Å². The lowest BCUT2D eigenvalue weighted by Gasteiger charge is -2.27. The van der Waals surface area contributed by atoms with E-state index in [0.717, 1.165) is 5.56 Å². The van der Waals surface area contributed by atoms with E-state index < -0.39 is 0 Å². The number of anilines is 2. The number of hydrogen-bond donors (Lipinski definition) is 4. The lowest BCUT2D eigenvalue weighted by molar-refractivity contribution is 0.292. The molecule has 0 heterocycles. The molecule has 23 heavy (non-hydrogen) atoms. The molecule has 2 aromatic carbocycles. The van der Waals surface area contributed by atoms with Crippen molar-refractivity contribution in [1.82, 2.24) is 5.43 Å². The Balaban J connectivity index is 2.54. The van der Waals surface area contributed by atoms with Crippen LogP contribution in [-0.4, -0.2) is 35.6 Å². The Morgan fingerprint density at radius 3 is 2.35 bits per heavy atom. The Morgan fingerprint density at radius 1 is 1.04 bits per heavy atom. The van der Waals surface area contributed by atoms with Gasteiger partial charge in [0, 0.05) is 18.7 Å². The standard InChI is InChI=1S/C17H22N2O4/c1-11-4-5-13(9-15(11)21)19(18-6-7-20)14-10-16(22)12(2)8-17(14)23-3/h4-5,8-10,18,20-22H,6-7H2,1-3H3. The number of phenols is 2. The fourth-order valence-corrected chi connectivity index (χ4v) is 2.21. The largest absolute Gasteiger partial charge is 0.508 e. The van der Waals surface area contributed by atoms with Crippen LogP contribution >= 0.6 is 0 Å². The number of hydrogen-bond acceptors (Lipinski definition) is 6. The first-order valence-corrected chi connectivity index (χ1v) is 7.29. The van der Waals surface area contributed by atoms with Crippen LogP contribution in [0.1, 0.15) is 11.1 Å². The van der Waals surface area contributed by atoms with Crippen molar-refractivity contribution in [3.8, 4) is 17.2 Å². The van der Waals surface area contributed by atoms with Crippen molar-refractivity contribution < 1.29 is 20.1 Å². The minimum absolute atomic E-state index is 0.0610. The monoisotopic (exact) mass is 318 g/mol. The van der Waals surface area contributed by atoms with Gasteiger partial charge in [0.25, 0.3) is 0 Å². The van der Waals surface area contributed by atoms with Gasteiger partial charge in [0.1, 0.15) is 22.9 Å². The number of methoxy groups -OCH3 is 1. The van der Waals surface area contributed by atoms with Crippen LogP contribution in [0.4, 0.5) is 11.4 Å². The van der Waals surface area contributed by atoms with Crippen molar-refractivity contribution in [3.63, 3.8) is 0 Å². The molecule has 0 aliphatic carbocycles. The number of phenolic OH excluding ortho intramolecular Hbond substituents is 2. The maximum Gasteiger partial charge on any atom is 0.144 e. The topological polar surface area (TPSA) is 85.2 Å². The predicted octanol–water partition coefficient (Wildman–Crippen LogP) is 2.36. The highest BCUT2D eigenvalue weighted by Gasteiger charge is 2.17. The molecule has 0 aliphatic rings. The molecule has 0 fully saturated rings. The van der Waals surface area contributed by atoms with Gasteiger partial charge in [-0.15, -0.1) is 0 Å². The minimum Gasteiger partial charge on any atom is -0.508 e. The van der Waals surface area contributed by atoms with Crippen LogP contribution in [0.5, 0.6) is 17.2 Å². The second-order valence-corrected chi connectivity index (χ2v) is 5.25. The van der Waals surface area contributed by atoms with E-state index in [1.165, 1.54) is 0 Å². The number of aliphatic hydroxyl groups is 1. The van der Waals surface area contributed by atoms with Crippen molar-refractivity contribution in [2.24, 2.45) is 0 Å². The second-order valence-electron chi connectivity index (χ2n) is 5.25. The third-order valence-electron chi connectivity index (χ3n) is 3.57. The van der Waals surface area contributed by atoms with Gasteiger partial charge in [0.15, 0.2) is 0 Å². The second kappa shape index (κ2) is 7.21. The summed E-state index contributed by atoms with van der Waals surface area (Å²) < 4.78 is 5.40. The number of ether oxygens (including phenoxy) is 1. The van der Waals surface area contributed by atoms with Gasteiger partial charge in [-0.25, -0.2) is 5.43 Å². The summed E-state index contributed by atoms with van der Waals surface area (Å²) in [6.45, 7) is 3.83. The zero-order chi connectivity index (χ0) is 17.0. The van der Waals surface area contributed by atoms with E-state index in [0.29, 0.717) is 29.2 Å². The quantitative estimate of drug-likeness (QED) is 0.612. The molecule has 0 saturated carbocycles. The molecule has 0 unspecified atom stereocenters. The Bertz CT molecular complexity index is 689. The number of hydrazine groups is 1. The van der Waals surface area contributed by atoms with Gasteiger partial charge in [0.2, 0.25) is 0 Å². The Kier molecular flexibility index (Phi) is 5.31. The van der Waals surface area contributed by atoms with E-state index in [1.807, 2.05) is 13.0 Å². The summed E-state index contributed by atoms with van der Waals surface area (Å²) in [5, 5.41) is 30.8. The van der Waals surface area contributed by atoms with Crippen LogP contribution in [0.3, 0.4) is 0 Å². The third-order valence-corrected chi connectivity index (χ3v) is 3.57. The highest BCUT2D eigenvalue weighted by atomic mass is 16.5. The minimum atomic E-state index is -0.0610. The smallest absolute Gasteiger partial charge is 0.144 e. The molecule has 0 radical (unpaired) electrons. The molecule has 0 atom stereocenters. The maximum absolute atomic E-state index is 10.0. The predicted molar refractivity (Wildman–Crippen MR) is 89.5 cm³/mol. The number of nitrogens with one attached hydrogen (secondary N) is 1. The molecule has 0 saturated heterocycles. The summed E-state index contributed by atoms with van der Waals surface area (Å²) in [5.74, 6) is 0.854. The lowest BCUT2D eigenvalue weighted by Crippen LogP contribution is -2.36. The Hall–Kier alpha value is -2.44. The molecule has 2 rings (SSSR count). The molecule has 6 nitrogen and oxygen atoms in total. The Labute approximate surface area is 135 Å². The Morgan fingerprint density at radius 2 is 1.74 bits per heavy atom. The highest BCUT2D eigenvalue weighted by molar-refractivity contribution is 5.72. The first kappa shape index (κ1) is 16.9. The van der Waals surface area contributed by atoms with Crippen LogP contribution in [-0.2, 0) is 0 Å². The van der Waals surface area contributed by atoms with Crippen molar-refractivity contribution >= 4 is 11.4 Å². The molecule has 0 aromatic heterocycles. The third kappa shape index (κ3) is 3.67. The molecule has 0 amide bonds.